The van der Waals surface area contributed by atoms with Gasteiger partial charge in [-0.3, -0.25) is 0 Å². The largest absolute Gasteiger partial charge is 0.454 e. The van der Waals surface area contributed by atoms with Crippen LogP contribution in [0, 0.1) is 0 Å². The molecule has 0 amide bonds. The van der Waals surface area contributed by atoms with Crippen LogP contribution in [0.1, 0.15) is 26.3 Å². The summed E-state index contributed by atoms with van der Waals surface area (Å²) in [5.41, 5.74) is 13.1. The maximum atomic E-state index is 7.01. The summed E-state index contributed by atoms with van der Waals surface area (Å²) >= 11 is 0. The van der Waals surface area contributed by atoms with Crippen molar-refractivity contribution in [3.05, 3.63) is 218 Å². The minimum absolute atomic E-state index is 0.0680. The van der Waals surface area contributed by atoms with Crippen LogP contribution in [0.15, 0.2) is 230 Å². The summed E-state index contributed by atoms with van der Waals surface area (Å²) < 4.78 is 28.0. The van der Waals surface area contributed by atoms with E-state index in [-0.39, 0.29) is 5.41 Å². The standard InChI is InChI=1S/C68H44N2O4/c1-68(2,3)41-36-39-32-34-50-56(69(52-24-12-20-46-42-16-4-8-28-58(42)71-64(46)52)53-25-13-21-47-43-17-5-9-29-59(43)72-65(47)53)38-57(51-35-33-40(37-41)62(39)63(50)51)70(54-26-14-22-48-44-18-6-10-30-60(44)73-66(48)54)55-27-15-23-49-45-19-7-11-31-61(45)74-67(49)55/h4-38H,1-3H3. The third kappa shape index (κ3) is 5.76. The Labute approximate surface area is 423 Å². The number of benzene rings is 12. The summed E-state index contributed by atoms with van der Waals surface area (Å²) in [5, 5.41) is 15.2. The summed E-state index contributed by atoms with van der Waals surface area (Å²) in [7, 11) is 0. The minimum atomic E-state index is -0.0680. The van der Waals surface area contributed by atoms with Crippen LogP contribution in [0.4, 0.5) is 34.1 Å². The van der Waals surface area contributed by atoms with Crippen molar-refractivity contribution in [2.75, 3.05) is 9.80 Å². The fraction of sp³-hybridized carbons (Fsp3) is 0.0588. The average Bonchev–Trinajstić information content (AvgIpc) is 4.22. The minimum Gasteiger partial charge on any atom is -0.454 e. The van der Waals surface area contributed by atoms with Crippen LogP contribution in [0.3, 0.4) is 0 Å². The number of anilines is 6. The molecule has 16 aromatic rings. The van der Waals surface area contributed by atoms with E-state index < -0.39 is 0 Å². The Balaban J connectivity index is 1.11. The number of para-hydroxylation sites is 8. The van der Waals surface area contributed by atoms with Gasteiger partial charge in [0.2, 0.25) is 0 Å². The number of fused-ring (bicyclic) bond motifs is 12. The second kappa shape index (κ2) is 15.0. The molecule has 0 unspecified atom stereocenters. The maximum Gasteiger partial charge on any atom is 0.159 e. The van der Waals surface area contributed by atoms with Crippen LogP contribution >= 0.6 is 0 Å². The molecule has 0 radical (unpaired) electrons. The first kappa shape index (κ1) is 41.1. The second-order valence-electron chi connectivity index (χ2n) is 20.7. The Hall–Kier alpha value is -9.52. The predicted molar refractivity (Wildman–Crippen MR) is 307 cm³/mol. The number of furan rings is 4. The van der Waals surface area contributed by atoms with Crippen LogP contribution < -0.4 is 9.80 Å². The molecule has 0 N–H and O–H groups in total. The number of rotatable bonds is 6. The van der Waals surface area contributed by atoms with Crippen LogP contribution in [-0.4, -0.2) is 0 Å². The lowest BCUT2D eigenvalue weighted by atomic mass is 9.83. The molecule has 0 aliphatic heterocycles. The molecule has 0 saturated carbocycles. The fourth-order valence-electron chi connectivity index (χ4n) is 12.1. The Morgan fingerprint density at radius 2 is 0.581 bits per heavy atom. The van der Waals surface area contributed by atoms with E-state index in [1.165, 1.54) is 21.7 Å². The van der Waals surface area contributed by atoms with Crippen molar-refractivity contribution in [3.8, 4) is 0 Å². The molecule has 0 fully saturated rings. The average molecular weight is 953 g/mol. The molecule has 0 saturated heterocycles. The highest BCUT2D eigenvalue weighted by Gasteiger charge is 2.31. The normalized spacial score (nSPS) is 12.5. The van der Waals surface area contributed by atoms with E-state index in [9.17, 15) is 0 Å². The first-order valence-electron chi connectivity index (χ1n) is 25.3. The molecule has 0 aliphatic carbocycles. The monoisotopic (exact) mass is 952 g/mol. The molecule has 6 heteroatoms. The van der Waals surface area contributed by atoms with Gasteiger partial charge in [0.15, 0.2) is 22.3 Å². The lowest BCUT2D eigenvalue weighted by molar-refractivity contribution is 0.591. The number of nitrogens with zero attached hydrogens (tertiary/aromatic N) is 2. The topological polar surface area (TPSA) is 59.0 Å². The van der Waals surface area contributed by atoms with Crippen LogP contribution in [-0.2, 0) is 5.41 Å². The Bertz CT molecular complexity index is 4460. The summed E-state index contributed by atoms with van der Waals surface area (Å²) in [6.07, 6.45) is 0. The van der Waals surface area contributed by atoms with Crippen molar-refractivity contribution in [2.24, 2.45) is 0 Å². The molecule has 0 spiro atoms. The molecule has 0 bridgehead atoms. The summed E-state index contributed by atoms with van der Waals surface area (Å²) in [5.74, 6) is 0. The van der Waals surface area contributed by atoms with Crippen molar-refractivity contribution in [1.29, 1.82) is 0 Å². The maximum absolute atomic E-state index is 7.01. The molecular weight excluding hydrogens is 909 g/mol. The smallest absolute Gasteiger partial charge is 0.159 e. The van der Waals surface area contributed by atoms with Crippen molar-refractivity contribution < 1.29 is 17.7 Å². The molecule has 0 atom stereocenters. The highest BCUT2D eigenvalue weighted by Crippen LogP contribution is 2.55. The van der Waals surface area contributed by atoms with Crippen molar-refractivity contribution >= 4 is 154 Å². The molecule has 16 rings (SSSR count). The third-order valence-electron chi connectivity index (χ3n) is 15.5. The zero-order valence-corrected chi connectivity index (χ0v) is 40.7. The molecular formula is C68H44N2O4. The van der Waals surface area contributed by atoms with Gasteiger partial charge in [-0.2, -0.15) is 0 Å². The van der Waals surface area contributed by atoms with E-state index in [0.717, 1.165) is 138 Å². The Morgan fingerprint density at radius 3 is 0.905 bits per heavy atom. The number of hydrogen-bond donors (Lipinski definition) is 0. The summed E-state index contributed by atoms with van der Waals surface area (Å²) in [6, 6.07) is 75.6. The van der Waals surface area contributed by atoms with Gasteiger partial charge in [-0.15, -0.1) is 0 Å². The van der Waals surface area contributed by atoms with Gasteiger partial charge in [0.05, 0.1) is 34.1 Å². The van der Waals surface area contributed by atoms with Gasteiger partial charge in [-0.1, -0.05) is 178 Å². The first-order valence-corrected chi connectivity index (χ1v) is 25.3. The zero-order chi connectivity index (χ0) is 49.0. The third-order valence-corrected chi connectivity index (χ3v) is 15.5. The second-order valence-corrected chi connectivity index (χ2v) is 20.7. The predicted octanol–water partition coefficient (Wildman–Crippen LogP) is 20.4. The lowest BCUT2D eigenvalue weighted by Crippen LogP contribution is -2.15. The molecule has 6 nitrogen and oxygen atoms in total. The molecule has 4 aromatic heterocycles. The molecule has 74 heavy (non-hydrogen) atoms. The Morgan fingerprint density at radius 1 is 0.270 bits per heavy atom. The van der Waals surface area contributed by atoms with Gasteiger partial charge in [-0.05, 0) is 81.7 Å². The van der Waals surface area contributed by atoms with Gasteiger partial charge in [-0.25, -0.2) is 0 Å². The van der Waals surface area contributed by atoms with Crippen LogP contribution in [0.25, 0.3) is 120 Å². The lowest BCUT2D eigenvalue weighted by Gasteiger charge is -2.32. The zero-order valence-electron chi connectivity index (χ0n) is 40.7. The molecule has 12 aromatic carbocycles. The highest BCUT2D eigenvalue weighted by molar-refractivity contribution is 6.30. The summed E-state index contributed by atoms with van der Waals surface area (Å²) in [4.78, 5) is 4.76. The quantitative estimate of drug-likeness (QED) is 0.155. The van der Waals surface area contributed by atoms with Crippen LogP contribution in [0.5, 0.6) is 0 Å². The van der Waals surface area contributed by atoms with Gasteiger partial charge in [0, 0.05) is 59.2 Å². The first-order chi connectivity index (χ1) is 36.3. The van der Waals surface area contributed by atoms with Crippen molar-refractivity contribution in [2.45, 2.75) is 26.2 Å². The Kier molecular flexibility index (Phi) is 8.34. The fourth-order valence-corrected chi connectivity index (χ4v) is 12.1. The van der Waals surface area contributed by atoms with E-state index in [1.54, 1.807) is 0 Å². The van der Waals surface area contributed by atoms with E-state index >= 15 is 0 Å². The van der Waals surface area contributed by atoms with Crippen LogP contribution in [0.2, 0.25) is 0 Å². The van der Waals surface area contributed by atoms with E-state index in [1.807, 2.05) is 24.3 Å². The van der Waals surface area contributed by atoms with Crippen molar-refractivity contribution in [1.82, 2.24) is 0 Å². The van der Waals surface area contributed by atoms with E-state index in [4.69, 9.17) is 17.7 Å². The SMILES string of the molecule is CC(C)(C)c1cc2ccc3c(N(c4cccc5c4oc4ccccc45)c4cccc5c4oc4ccccc45)cc(N(c4cccc5c4oc4ccccc45)c4cccc5c4oc4ccccc45)c4ccc(c1)c2c34. The molecule has 350 valence electrons. The van der Waals surface area contributed by atoms with E-state index in [2.05, 4.69) is 219 Å². The van der Waals surface area contributed by atoms with Crippen molar-refractivity contribution in [3.63, 3.8) is 0 Å². The summed E-state index contributed by atoms with van der Waals surface area (Å²) in [6.45, 7) is 6.88. The number of hydrogen-bond acceptors (Lipinski definition) is 6. The van der Waals surface area contributed by atoms with Gasteiger partial charge < -0.3 is 27.5 Å². The van der Waals surface area contributed by atoms with E-state index in [0.29, 0.717) is 0 Å². The molecule has 0 aliphatic rings. The van der Waals surface area contributed by atoms with Gasteiger partial charge in [0.1, 0.15) is 22.3 Å². The van der Waals surface area contributed by atoms with Gasteiger partial charge >= 0.3 is 0 Å². The highest BCUT2D eigenvalue weighted by atomic mass is 16.3. The molecule has 4 heterocycles. The van der Waals surface area contributed by atoms with Gasteiger partial charge in [0.25, 0.3) is 0 Å².